The van der Waals surface area contributed by atoms with Crippen LogP contribution in [-0.4, -0.2) is 21.9 Å². The van der Waals surface area contributed by atoms with E-state index in [1.165, 1.54) is 17.3 Å². The number of aromatic nitrogens is 2. The van der Waals surface area contributed by atoms with Crippen LogP contribution in [0.25, 0.3) is 11.5 Å². The maximum atomic E-state index is 12.0. The molecule has 0 saturated carbocycles. The van der Waals surface area contributed by atoms with Gasteiger partial charge in [0.05, 0.1) is 5.75 Å². The van der Waals surface area contributed by atoms with Crippen molar-refractivity contribution in [1.29, 1.82) is 0 Å². The van der Waals surface area contributed by atoms with Gasteiger partial charge in [-0.3, -0.25) is 10.1 Å². The van der Waals surface area contributed by atoms with E-state index in [9.17, 15) is 4.79 Å². The number of nitrogens with one attached hydrogen (secondary N) is 1. The second-order valence-electron chi connectivity index (χ2n) is 5.38. The van der Waals surface area contributed by atoms with E-state index in [2.05, 4.69) is 15.5 Å². The summed E-state index contributed by atoms with van der Waals surface area (Å²) in [5, 5.41) is 10.5. The number of amides is 1. The fraction of sp³-hybridized carbons (Fsp3) is 0.167. The SMILES string of the molecule is Cc1ccc(-c2nnc(NC(=O)CSc3ccccc3)o2)c(C)c1. The molecule has 0 bridgehead atoms. The molecule has 6 heteroatoms. The summed E-state index contributed by atoms with van der Waals surface area (Å²) in [5.74, 6) is 0.504. The molecule has 3 rings (SSSR count). The number of carbonyl (C=O) groups is 1. The molecule has 0 aliphatic heterocycles. The van der Waals surface area contributed by atoms with Crippen LogP contribution < -0.4 is 5.32 Å². The Morgan fingerprint density at radius 3 is 2.67 bits per heavy atom. The molecule has 1 heterocycles. The maximum Gasteiger partial charge on any atom is 0.322 e. The van der Waals surface area contributed by atoms with E-state index in [1.54, 1.807) is 0 Å². The third-order valence-electron chi connectivity index (χ3n) is 3.40. The van der Waals surface area contributed by atoms with Gasteiger partial charge in [0, 0.05) is 10.5 Å². The van der Waals surface area contributed by atoms with Gasteiger partial charge in [0.2, 0.25) is 11.8 Å². The number of hydrogen-bond donors (Lipinski definition) is 1. The summed E-state index contributed by atoms with van der Waals surface area (Å²) >= 11 is 1.45. The second kappa shape index (κ2) is 7.31. The van der Waals surface area contributed by atoms with E-state index in [1.807, 2.05) is 62.4 Å². The normalized spacial score (nSPS) is 10.6. The Balaban J connectivity index is 1.62. The summed E-state index contributed by atoms with van der Waals surface area (Å²) in [6.45, 7) is 4.02. The average molecular weight is 339 g/mol. The van der Waals surface area contributed by atoms with Crippen molar-refractivity contribution in [2.45, 2.75) is 18.7 Å². The molecule has 2 aromatic carbocycles. The van der Waals surface area contributed by atoms with Crippen LogP contribution in [-0.2, 0) is 4.79 Å². The summed E-state index contributed by atoms with van der Waals surface area (Å²) in [5.41, 5.74) is 3.09. The van der Waals surface area contributed by atoms with E-state index in [4.69, 9.17) is 4.42 Å². The lowest BCUT2D eigenvalue weighted by molar-refractivity contribution is -0.113. The van der Waals surface area contributed by atoms with Crippen LogP contribution in [0.15, 0.2) is 57.8 Å². The first-order valence-corrected chi connectivity index (χ1v) is 8.49. The molecule has 1 amide bonds. The van der Waals surface area contributed by atoms with Gasteiger partial charge in [-0.25, -0.2) is 0 Å². The minimum Gasteiger partial charge on any atom is -0.403 e. The van der Waals surface area contributed by atoms with Crippen LogP contribution >= 0.6 is 11.8 Å². The Kier molecular flexibility index (Phi) is 4.96. The highest BCUT2D eigenvalue weighted by Crippen LogP contribution is 2.24. The van der Waals surface area contributed by atoms with Crippen molar-refractivity contribution in [3.8, 4) is 11.5 Å². The van der Waals surface area contributed by atoms with Crippen LogP contribution in [0.4, 0.5) is 6.01 Å². The number of rotatable bonds is 5. The van der Waals surface area contributed by atoms with Gasteiger partial charge >= 0.3 is 6.01 Å². The molecule has 0 spiro atoms. The van der Waals surface area contributed by atoms with Crippen LogP contribution in [0.1, 0.15) is 11.1 Å². The zero-order valence-corrected chi connectivity index (χ0v) is 14.3. The molecule has 0 aliphatic rings. The molecule has 1 aromatic heterocycles. The Morgan fingerprint density at radius 1 is 1.12 bits per heavy atom. The number of hydrogen-bond acceptors (Lipinski definition) is 5. The summed E-state index contributed by atoms with van der Waals surface area (Å²) < 4.78 is 5.55. The number of benzene rings is 2. The molecule has 0 radical (unpaired) electrons. The zero-order chi connectivity index (χ0) is 16.9. The molecule has 0 aliphatic carbocycles. The quantitative estimate of drug-likeness (QED) is 0.709. The number of anilines is 1. The van der Waals surface area contributed by atoms with E-state index in [0.717, 1.165) is 16.0 Å². The van der Waals surface area contributed by atoms with Crippen LogP contribution in [0, 0.1) is 13.8 Å². The highest BCUT2D eigenvalue weighted by Gasteiger charge is 2.13. The molecule has 3 aromatic rings. The molecule has 0 fully saturated rings. The molecular weight excluding hydrogens is 322 g/mol. The highest BCUT2D eigenvalue weighted by atomic mass is 32.2. The molecule has 1 N–H and O–H groups in total. The predicted octanol–water partition coefficient (Wildman–Crippen LogP) is 4.08. The van der Waals surface area contributed by atoms with Crippen molar-refractivity contribution in [3.63, 3.8) is 0 Å². The highest BCUT2D eigenvalue weighted by molar-refractivity contribution is 8.00. The number of nitrogens with zero attached hydrogens (tertiary/aromatic N) is 2. The Morgan fingerprint density at radius 2 is 1.92 bits per heavy atom. The lowest BCUT2D eigenvalue weighted by Crippen LogP contribution is -2.14. The monoisotopic (exact) mass is 339 g/mol. The Hall–Kier alpha value is -2.60. The molecule has 0 saturated heterocycles. The van der Waals surface area contributed by atoms with Crippen molar-refractivity contribution in [2.75, 3.05) is 11.1 Å². The average Bonchev–Trinajstić information content (AvgIpc) is 3.02. The van der Waals surface area contributed by atoms with Gasteiger partial charge in [-0.1, -0.05) is 41.0 Å². The van der Waals surface area contributed by atoms with Crippen LogP contribution in [0.2, 0.25) is 0 Å². The van der Waals surface area contributed by atoms with Gasteiger partial charge in [-0.2, -0.15) is 0 Å². The second-order valence-corrected chi connectivity index (χ2v) is 6.43. The standard InChI is InChI=1S/C18H17N3O2S/c1-12-8-9-15(13(2)10-12)17-20-21-18(23-17)19-16(22)11-24-14-6-4-3-5-7-14/h3-10H,11H2,1-2H3,(H,19,21,22). The number of thioether (sulfide) groups is 1. The molecule has 0 unspecified atom stereocenters. The minimum absolute atomic E-state index is 0.114. The van der Waals surface area contributed by atoms with Crippen molar-refractivity contribution in [3.05, 3.63) is 59.7 Å². The number of carbonyl (C=O) groups excluding carboxylic acids is 1. The van der Waals surface area contributed by atoms with Gasteiger partial charge in [-0.15, -0.1) is 16.9 Å². The third-order valence-corrected chi connectivity index (χ3v) is 4.41. The smallest absolute Gasteiger partial charge is 0.322 e. The summed E-state index contributed by atoms with van der Waals surface area (Å²) in [6, 6.07) is 15.8. The minimum atomic E-state index is -0.181. The maximum absolute atomic E-state index is 12.0. The fourth-order valence-electron chi connectivity index (χ4n) is 2.26. The lowest BCUT2D eigenvalue weighted by atomic mass is 10.1. The van der Waals surface area contributed by atoms with E-state index in [0.29, 0.717) is 5.89 Å². The predicted molar refractivity (Wildman–Crippen MR) is 95.0 cm³/mol. The zero-order valence-electron chi connectivity index (χ0n) is 13.4. The van der Waals surface area contributed by atoms with Crippen molar-refractivity contribution >= 4 is 23.7 Å². The van der Waals surface area contributed by atoms with Crippen molar-refractivity contribution in [1.82, 2.24) is 10.2 Å². The summed E-state index contributed by atoms with van der Waals surface area (Å²) in [7, 11) is 0. The van der Waals surface area contributed by atoms with Gasteiger partial charge in [-0.05, 0) is 37.6 Å². The van der Waals surface area contributed by atoms with E-state index in [-0.39, 0.29) is 17.7 Å². The largest absolute Gasteiger partial charge is 0.403 e. The first-order valence-electron chi connectivity index (χ1n) is 7.50. The van der Waals surface area contributed by atoms with Gasteiger partial charge < -0.3 is 4.42 Å². The van der Waals surface area contributed by atoms with Gasteiger partial charge in [0.25, 0.3) is 0 Å². The number of aryl methyl sites for hydroxylation is 2. The Labute approximate surface area is 144 Å². The first kappa shape index (κ1) is 16.3. The molecule has 24 heavy (non-hydrogen) atoms. The van der Waals surface area contributed by atoms with E-state index >= 15 is 0 Å². The Bertz CT molecular complexity index is 846. The third kappa shape index (κ3) is 4.02. The fourth-order valence-corrected chi connectivity index (χ4v) is 2.98. The van der Waals surface area contributed by atoms with Gasteiger partial charge in [0.15, 0.2) is 0 Å². The molecule has 0 atom stereocenters. The van der Waals surface area contributed by atoms with Gasteiger partial charge in [0.1, 0.15) is 0 Å². The molecule has 5 nitrogen and oxygen atoms in total. The summed E-state index contributed by atoms with van der Waals surface area (Å²) in [4.78, 5) is 13.0. The summed E-state index contributed by atoms with van der Waals surface area (Å²) in [6.07, 6.45) is 0. The van der Waals surface area contributed by atoms with Crippen molar-refractivity contribution in [2.24, 2.45) is 0 Å². The van der Waals surface area contributed by atoms with E-state index < -0.39 is 0 Å². The molecular formula is C18H17N3O2S. The van der Waals surface area contributed by atoms with Crippen molar-refractivity contribution < 1.29 is 9.21 Å². The lowest BCUT2D eigenvalue weighted by Gasteiger charge is -2.02. The first-order chi connectivity index (χ1) is 11.6. The van der Waals surface area contributed by atoms with Crippen LogP contribution in [0.5, 0.6) is 0 Å². The van der Waals surface area contributed by atoms with Crippen LogP contribution in [0.3, 0.4) is 0 Å². The topological polar surface area (TPSA) is 68.0 Å². The molecule has 122 valence electrons.